The largest absolute Gasteiger partial charge is 0.322 e. The van der Waals surface area contributed by atoms with Crippen LogP contribution in [0.15, 0.2) is 72.8 Å². The average Bonchev–Trinajstić information content (AvgIpc) is 2.86. The van der Waals surface area contributed by atoms with E-state index in [9.17, 15) is 14.4 Å². The standard InChI is InChI=1S/C30H34N4O3S/c1-29(2,3)22-13-7-19(8-14-22)25(35)31-24-17-11-21(12-18-24)27(37)33-34-28(38)32-26(36)20-9-15-23(16-10-20)30(4,5)6/h7-18H,1-6H3,(H,31,35)(H,33,37)(H2,32,34,36,38). The lowest BCUT2D eigenvalue weighted by Gasteiger charge is -2.19. The van der Waals surface area contributed by atoms with Gasteiger partial charge in [0.1, 0.15) is 0 Å². The van der Waals surface area contributed by atoms with Gasteiger partial charge in [-0.2, -0.15) is 0 Å². The summed E-state index contributed by atoms with van der Waals surface area (Å²) in [6.07, 6.45) is 0. The summed E-state index contributed by atoms with van der Waals surface area (Å²) in [6, 6.07) is 21.2. The summed E-state index contributed by atoms with van der Waals surface area (Å²) in [6.45, 7) is 12.6. The molecule has 0 aliphatic rings. The van der Waals surface area contributed by atoms with Gasteiger partial charge in [0, 0.05) is 22.4 Å². The van der Waals surface area contributed by atoms with Gasteiger partial charge in [0.05, 0.1) is 0 Å². The summed E-state index contributed by atoms with van der Waals surface area (Å²) in [7, 11) is 0. The van der Waals surface area contributed by atoms with E-state index in [1.54, 1.807) is 48.5 Å². The number of hydrogen-bond donors (Lipinski definition) is 4. The summed E-state index contributed by atoms with van der Waals surface area (Å²) < 4.78 is 0. The second kappa shape index (κ2) is 11.6. The van der Waals surface area contributed by atoms with Crippen molar-refractivity contribution in [3.05, 3.63) is 101 Å². The Morgan fingerprint density at radius 3 is 1.39 bits per heavy atom. The molecule has 0 atom stereocenters. The Balaban J connectivity index is 1.49. The van der Waals surface area contributed by atoms with E-state index in [0.717, 1.165) is 11.1 Å². The molecule has 0 radical (unpaired) electrons. The number of nitrogens with one attached hydrogen (secondary N) is 4. The van der Waals surface area contributed by atoms with Crippen LogP contribution >= 0.6 is 12.2 Å². The first-order chi connectivity index (χ1) is 17.7. The molecule has 0 spiro atoms. The van der Waals surface area contributed by atoms with Crippen LogP contribution in [0.3, 0.4) is 0 Å². The van der Waals surface area contributed by atoms with Gasteiger partial charge in [-0.3, -0.25) is 30.6 Å². The number of carbonyl (C=O) groups is 3. The van der Waals surface area contributed by atoms with Crippen molar-refractivity contribution in [3.8, 4) is 0 Å². The number of rotatable bonds is 4. The highest BCUT2D eigenvalue weighted by atomic mass is 32.1. The molecule has 8 heteroatoms. The number of hydrazine groups is 1. The second-order valence-corrected chi connectivity index (χ2v) is 11.5. The summed E-state index contributed by atoms with van der Waals surface area (Å²) in [4.78, 5) is 37.5. The normalized spacial score (nSPS) is 11.3. The van der Waals surface area contributed by atoms with E-state index < -0.39 is 5.91 Å². The minimum Gasteiger partial charge on any atom is -0.322 e. The molecule has 0 fully saturated rings. The lowest BCUT2D eigenvalue weighted by molar-refractivity contribution is 0.0934. The van der Waals surface area contributed by atoms with E-state index in [2.05, 4.69) is 63.0 Å². The lowest BCUT2D eigenvalue weighted by Crippen LogP contribution is -2.48. The quantitative estimate of drug-likeness (QED) is 0.264. The number of amides is 3. The zero-order chi connectivity index (χ0) is 28.1. The molecule has 7 nitrogen and oxygen atoms in total. The Morgan fingerprint density at radius 1 is 0.553 bits per heavy atom. The minimum absolute atomic E-state index is 0.00790. The molecule has 0 aromatic heterocycles. The highest BCUT2D eigenvalue weighted by Crippen LogP contribution is 2.23. The zero-order valence-corrected chi connectivity index (χ0v) is 23.4. The van der Waals surface area contributed by atoms with Crippen LogP contribution in [0.4, 0.5) is 5.69 Å². The Morgan fingerprint density at radius 2 is 0.947 bits per heavy atom. The van der Waals surface area contributed by atoms with Crippen LogP contribution in [0.25, 0.3) is 0 Å². The van der Waals surface area contributed by atoms with Crippen LogP contribution in [-0.4, -0.2) is 22.8 Å². The first-order valence-electron chi connectivity index (χ1n) is 12.3. The lowest BCUT2D eigenvalue weighted by atomic mass is 9.86. The molecule has 0 saturated carbocycles. The summed E-state index contributed by atoms with van der Waals surface area (Å²) in [5, 5.41) is 5.33. The van der Waals surface area contributed by atoms with Crippen LogP contribution in [0.1, 0.15) is 83.7 Å². The fourth-order valence-electron chi connectivity index (χ4n) is 3.54. The third kappa shape index (κ3) is 7.73. The van der Waals surface area contributed by atoms with Crippen molar-refractivity contribution in [3.63, 3.8) is 0 Å². The van der Waals surface area contributed by atoms with Gasteiger partial charge >= 0.3 is 0 Å². The third-order valence-corrected chi connectivity index (χ3v) is 6.15. The predicted octanol–water partition coefficient (Wildman–Crippen LogP) is 5.48. The van der Waals surface area contributed by atoms with Gasteiger partial charge in [0.25, 0.3) is 17.7 Å². The highest BCUT2D eigenvalue weighted by molar-refractivity contribution is 7.80. The molecular formula is C30H34N4O3S. The summed E-state index contributed by atoms with van der Waals surface area (Å²) in [5.74, 6) is -1.07. The van der Waals surface area contributed by atoms with Gasteiger partial charge < -0.3 is 5.32 Å². The SMILES string of the molecule is CC(C)(C)c1ccc(C(=O)NC(=S)NNC(=O)c2ccc(NC(=O)c3ccc(C(C)(C)C)cc3)cc2)cc1. The molecule has 198 valence electrons. The number of anilines is 1. The predicted molar refractivity (Wildman–Crippen MR) is 155 cm³/mol. The van der Waals surface area contributed by atoms with Crippen LogP contribution in [-0.2, 0) is 10.8 Å². The van der Waals surface area contributed by atoms with Gasteiger partial charge in [0.2, 0.25) is 0 Å². The van der Waals surface area contributed by atoms with E-state index >= 15 is 0 Å². The van der Waals surface area contributed by atoms with Gasteiger partial charge in [-0.15, -0.1) is 0 Å². The first kappa shape index (κ1) is 28.5. The molecule has 0 heterocycles. The smallest absolute Gasteiger partial charge is 0.269 e. The number of hydrogen-bond acceptors (Lipinski definition) is 4. The Bertz CT molecular complexity index is 1320. The Kier molecular flexibility index (Phi) is 8.68. The van der Waals surface area contributed by atoms with Crippen LogP contribution in [0.5, 0.6) is 0 Å². The molecule has 3 aromatic rings. The van der Waals surface area contributed by atoms with Gasteiger partial charge in [-0.25, -0.2) is 0 Å². The maximum atomic E-state index is 12.6. The summed E-state index contributed by atoms with van der Waals surface area (Å²) >= 11 is 5.12. The maximum Gasteiger partial charge on any atom is 0.269 e. The number of carbonyl (C=O) groups excluding carboxylic acids is 3. The van der Waals surface area contributed by atoms with E-state index in [-0.39, 0.29) is 27.8 Å². The van der Waals surface area contributed by atoms with E-state index in [1.165, 1.54) is 0 Å². The van der Waals surface area contributed by atoms with Gasteiger partial charge in [-0.1, -0.05) is 65.8 Å². The Hall–Kier alpha value is -4.04. The number of thiocarbonyl (C=S) groups is 1. The van der Waals surface area contributed by atoms with Crippen LogP contribution in [0.2, 0.25) is 0 Å². The molecule has 3 aromatic carbocycles. The van der Waals surface area contributed by atoms with Gasteiger partial charge in [0.15, 0.2) is 5.11 Å². The molecule has 4 N–H and O–H groups in total. The van der Waals surface area contributed by atoms with E-state index in [4.69, 9.17) is 12.2 Å². The van der Waals surface area contributed by atoms with Crippen molar-refractivity contribution in [1.82, 2.24) is 16.2 Å². The van der Waals surface area contributed by atoms with E-state index in [0.29, 0.717) is 22.4 Å². The fourth-order valence-corrected chi connectivity index (χ4v) is 3.69. The molecular weight excluding hydrogens is 496 g/mol. The maximum absolute atomic E-state index is 12.6. The van der Waals surface area contributed by atoms with Crippen LogP contribution < -0.4 is 21.5 Å². The fraction of sp³-hybridized carbons (Fsp3) is 0.267. The molecule has 0 saturated heterocycles. The monoisotopic (exact) mass is 530 g/mol. The molecule has 0 aliphatic carbocycles. The molecule has 0 aliphatic heterocycles. The molecule has 0 unspecified atom stereocenters. The molecule has 0 bridgehead atoms. The second-order valence-electron chi connectivity index (χ2n) is 11.0. The van der Waals surface area contributed by atoms with Crippen molar-refractivity contribution < 1.29 is 14.4 Å². The molecule has 38 heavy (non-hydrogen) atoms. The van der Waals surface area contributed by atoms with Crippen molar-refractivity contribution in [2.24, 2.45) is 0 Å². The van der Waals surface area contributed by atoms with Gasteiger partial charge in [-0.05, 0) is 82.7 Å². The topological polar surface area (TPSA) is 99.3 Å². The zero-order valence-electron chi connectivity index (χ0n) is 22.6. The summed E-state index contributed by atoms with van der Waals surface area (Å²) in [5.41, 5.74) is 9.14. The first-order valence-corrected chi connectivity index (χ1v) is 12.7. The molecule has 3 rings (SSSR count). The van der Waals surface area contributed by atoms with Crippen molar-refractivity contribution in [2.75, 3.05) is 5.32 Å². The molecule has 3 amide bonds. The minimum atomic E-state index is -0.452. The van der Waals surface area contributed by atoms with Crippen molar-refractivity contribution >= 4 is 40.7 Å². The van der Waals surface area contributed by atoms with Crippen molar-refractivity contribution in [2.45, 2.75) is 52.4 Å². The van der Waals surface area contributed by atoms with E-state index in [1.807, 2.05) is 24.3 Å². The number of benzene rings is 3. The Labute approximate surface area is 229 Å². The third-order valence-electron chi connectivity index (χ3n) is 5.95. The average molecular weight is 531 g/mol. The van der Waals surface area contributed by atoms with Crippen molar-refractivity contribution in [1.29, 1.82) is 0 Å². The van der Waals surface area contributed by atoms with Crippen LogP contribution in [0, 0.1) is 0 Å². The highest BCUT2D eigenvalue weighted by Gasteiger charge is 2.16.